The lowest BCUT2D eigenvalue weighted by Gasteiger charge is -2.41. The molecule has 5 rings (SSSR count). The molecule has 3 aliphatic rings. The molecule has 1 heterocycles. The molecular formula is C27H30N2O5S. The summed E-state index contributed by atoms with van der Waals surface area (Å²) in [6.45, 7) is 0.682. The van der Waals surface area contributed by atoms with Crippen molar-refractivity contribution >= 4 is 29.7 Å². The van der Waals surface area contributed by atoms with Gasteiger partial charge in [0.15, 0.2) is 0 Å². The third-order valence-electron chi connectivity index (χ3n) is 7.45. The van der Waals surface area contributed by atoms with Crippen molar-refractivity contribution < 1.29 is 24.2 Å². The van der Waals surface area contributed by atoms with Crippen LogP contribution in [0, 0.1) is 0 Å². The molecule has 8 heteroatoms. The van der Waals surface area contributed by atoms with Crippen LogP contribution in [0.1, 0.15) is 49.1 Å². The highest BCUT2D eigenvalue weighted by atomic mass is 32.2. The number of aliphatic carboxylic acids is 1. The van der Waals surface area contributed by atoms with Gasteiger partial charge in [-0.15, -0.1) is 0 Å². The summed E-state index contributed by atoms with van der Waals surface area (Å²) >= 11 is 1.66. The molecular weight excluding hydrogens is 464 g/mol. The Kier molecular flexibility index (Phi) is 6.73. The number of hydrogen-bond donors (Lipinski definition) is 2. The van der Waals surface area contributed by atoms with Gasteiger partial charge in [0.2, 0.25) is 5.91 Å². The molecule has 0 bridgehead atoms. The highest BCUT2D eigenvalue weighted by Crippen LogP contribution is 2.44. The van der Waals surface area contributed by atoms with E-state index >= 15 is 0 Å². The van der Waals surface area contributed by atoms with Gasteiger partial charge >= 0.3 is 12.1 Å². The fourth-order valence-electron chi connectivity index (χ4n) is 5.77. The van der Waals surface area contributed by atoms with Gasteiger partial charge in [-0.3, -0.25) is 9.59 Å². The van der Waals surface area contributed by atoms with Crippen molar-refractivity contribution in [3.63, 3.8) is 0 Å². The Morgan fingerprint density at radius 3 is 2.29 bits per heavy atom. The molecule has 0 aromatic heterocycles. The SMILES string of the molecule is O=C(O)CC1CSCCN1C(=O)C1(NC(=O)OCC2c3ccccc3-c3ccccc32)CCCC1. The summed E-state index contributed by atoms with van der Waals surface area (Å²) in [5.74, 6) is 0.222. The number of nitrogens with one attached hydrogen (secondary N) is 1. The maximum absolute atomic E-state index is 13.7. The van der Waals surface area contributed by atoms with Crippen LogP contribution in [-0.2, 0) is 14.3 Å². The van der Waals surface area contributed by atoms with Crippen LogP contribution in [0.2, 0.25) is 0 Å². The van der Waals surface area contributed by atoms with Crippen LogP contribution in [0.5, 0.6) is 0 Å². The number of carboxylic acid groups (broad SMARTS) is 1. The summed E-state index contributed by atoms with van der Waals surface area (Å²) in [5, 5.41) is 12.2. The number of carbonyl (C=O) groups is 3. The topological polar surface area (TPSA) is 95.9 Å². The Morgan fingerprint density at radius 2 is 1.66 bits per heavy atom. The van der Waals surface area contributed by atoms with Gasteiger partial charge in [0, 0.05) is 24.0 Å². The van der Waals surface area contributed by atoms with Gasteiger partial charge in [0.25, 0.3) is 0 Å². The number of amides is 2. The van der Waals surface area contributed by atoms with Crippen LogP contribution in [-0.4, -0.2) is 64.2 Å². The molecule has 1 unspecified atom stereocenters. The minimum atomic E-state index is -1.03. The molecule has 0 radical (unpaired) electrons. The van der Waals surface area contributed by atoms with Crippen molar-refractivity contribution in [1.29, 1.82) is 0 Å². The molecule has 7 nitrogen and oxygen atoms in total. The number of hydrogen-bond acceptors (Lipinski definition) is 5. The smallest absolute Gasteiger partial charge is 0.408 e. The highest BCUT2D eigenvalue weighted by Gasteiger charge is 2.47. The zero-order valence-electron chi connectivity index (χ0n) is 19.6. The van der Waals surface area contributed by atoms with E-state index in [0.717, 1.165) is 40.8 Å². The van der Waals surface area contributed by atoms with E-state index < -0.39 is 17.6 Å². The molecule has 2 aromatic carbocycles. The molecule has 1 aliphatic heterocycles. The standard InChI is InChI=1S/C27H30N2O5S/c30-24(31)15-18-17-35-14-13-29(18)25(32)27(11-5-6-12-27)28-26(33)34-16-23-21-9-3-1-7-19(21)20-8-2-4-10-22(20)23/h1-4,7-10,18,23H,5-6,11-17H2,(H,28,33)(H,30,31). The Labute approximate surface area is 209 Å². The lowest BCUT2D eigenvalue weighted by atomic mass is 9.94. The molecule has 1 saturated heterocycles. The number of fused-ring (bicyclic) bond motifs is 3. The quantitative estimate of drug-likeness (QED) is 0.623. The van der Waals surface area contributed by atoms with Crippen molar-refractivity contribution in [1.82, 2.24) is 10.2 Å². The largest absolute Gasteiger partial charge is 0.481 e. The van der Waals surface area contributed by atoms with Crippen molar-refractivity contribution in [2.45, 2.75) is 49.6 Å². The number of nitrogens with zero attached hydrogens (tertiary/aromatic N) is 1. The van der Waals surface area contributed by atoms with E-state index in [2.05, 4.69) is 29.6 Å². The van der Waals surface area contributed by atoms with Crippen LogP contribution in [0.25, 0.3) is 11.1 Å². The second kappa shape index (κ2) is 9.93. The number of thioether (sulfide) groups is 1. The Hall–Kier alpha value is -3.00. The van der Waals surface area contributed by atoms with Gasteiger partial charge in [-0.05, 0) is 35.1 Å². The minimum absolute atomic E-state index is 0.0533. The van der Waals surface area contributed by atoms with Gasteiger partial charge in [0.05, 0.1) is 12.5 Å². The van der Waals surface area contributed by atoms with Crippen molar-refractivity contribution in [2.75, 3.05) is 24.7 Å². The number of carboxylic acids is 1. The summed E-state index contributed by atoms with van der Waals surface area (Å²) in [6.07, 6.45) is 2.07. The second-order valence-electron chi connectivity index (χ2n) is 9.56. The number of alkyl carbamates (subject to hydrolysis) is 1. The number of ether oxygens (including phenoxy) is 1. The normalized spacial score (nSPS) is 20.7. The predicted octanol–water partition coefficient (Wildman–Crippen LogP) is 4.26. The van der Waals surface area contributed by atoms with E-state index in [0.29, 0.717) is 25.1 Å². The lowest BCUT2D eigenvalue weighted by Crippen LogP contribution is -2.62. The molecule has 2 fully saturated rings. The molecule has 184 valence electrons. The summed E-state index contributed by atoms with van der Waals surface area (Å²) in [7, 11) is 0. The van der Waals surface area contributed by atoms with E-state index in [1.807, 2.05) is 24.3 Å². The Morgan fingerprint density at radius 1 is 1.03 bits per heavy atom. The van der Waals surface area contributed by atoms with Gasteiger partial charge < -0.3 is 20.1 Å². The van der Waals surface area contributed by atoms with Gasteiger partial charge in [-0.1, -0.05) is 61.4 Å². The first-order valence-corrected chi connectivity index (χ1v) is 13.4. The van der Waals surface area contributed by atoms with E-state index in [4.69, 9.17) is 4.74 Å². The Bertz CT molecular complexity index is 1080. The second-order valence-corrected chi connectivity index (χ2v) is 10.7. The monoisotopic (exact) mass is 494 g/mol. The van der Waals surface area contributed by atoms with Gasteiger partial charge in [-0.25, -0.2) is 4.79 Å². The fourth-order valence-corrected chi connectivity index (χ4v) is 6.83. The highest BCUT2D eigenvalue weighted by molar-refractivity contribution is 7.99. The summed E-state index contributed by atoms with van der Waals surface area (Å²) in [5.41, 5.74) is 3.56. The van der Waals surface area contributed by atoms with E-state index in [9.17, 15) is 19.5 Å². The molecule has 2 amide bonds. The average molecular weight is 495 g/mol. The van der Waals surface area contributed by atoms with Crippen LogP contribution in [0.4, 0.5) is 4.79 Å². The molecule has 1 atom stereocenters. The molecule has 2 aromatic rings. The lowest BCUT2D eigenvalue weighted by molar-refractivity contribution is -0.143. The van der Waals surface area contributed by atoms with Crippen LogP contribution < -0.4 is 5.32 Å². The third kappa shape index (κ3) is 4.63. The third-order valence-corrected chi connectivity index (χ3v) is 8.54. The zero-order chi connectivity index (χ0) is 24.4. The van der Waals surface area contributed by atoms with Crippen LogP contribution in [0.15, 0.2) is 48.5 Å². The molecule has 0 spiro atoms. The predicted molar refractivity (Wildman–Crippen MR) is 134 cm³/mol. The zero-order valence-corrected chi connectivity index (χ0v) is 20.4. The molecule has 35 heavy (non-hydrogen) atoms. The van der Waals surface area contributed by atoms with Crippen molar-refractivity contribution in [3.05, 3.63) is 59.7 Å². The maximum atomic E-state index is 13.7. The summed E-state index contributed by atoms with van der Waals surface area (Å²) in [4.78, 5) is 39.8. The van der Waals surface area contributed by atoms with E-state index in [1.165, 1.54) is 0 Å². The first kappa shape index (κ1) is 23.7. The van der Waals surface area contributed by atoms with Crippen LogP contribution in [0.3, 0.4) is 0 Å². The van der Waals surface area contributed by atoms with Crippen molar-refractivity contribution in [2.24, 2.45) is 0 Å². The minimum Gasteiger partial charge on any atom is -0.481 e. The average Bonchev–Trinajstić information content (AvgIpc) is 3.46. The van der Waals surface area contributed by atoms with Gasteiger partial charge in [-0.2, -0.15) is 11.8 Å². The maximum Gasteiger partial charge on any atom is 0.408 e. The van der Waals surface area contributed by atoms with Gasteiger partial charge in [0.1, 0.15) is 12.1 Å². The number of carbonyl (C=O) groups excluding carboxylic acids is 2. The summed E-state index contributed by atoms with van der Waals surface area (Å²) < 4.78 is 5.74. The van der Waals surface area contributed by atoms with E-state index in [-0.39, 0.29) is 30.9 Å². The first-order valence-electron chi connectivity index (χ1n) is 12.2. The molecule has 2 N–H and O–H groups in total. The molecule has 1 saturated carbocycles. The van der Waals surface area contributed by atoms with Crippen molar-refractivity contribution in [3.8, 4) is 11.1 Å². The summed E-state index contributed by atoms with van der Waals surface area (Å²) in [6, 6.07) is 16.0. The number of rotatable bonds is 6. The number of benzene rings is 2. The van der Waals surface area contributed by atoms with E-state index in [1.54, 1.807) is 16.7 Å². The Balaban J connectivity index is 1.29. The molecule has 2 aliphatic carbocycles. The fraction of sp³-hybridized carbons (Fsp3) is 0.444. The first-order chi connectivity index (χ1) is 17.0. The van der Waals surface area contributed by atoms with Crippen LogP contribution >= 0.6 is 11.8 Å².